The average Bonchev–Trinajstić information content (AvgIpc) is 2.72. The molecule has 2 fully saturated rings. The third-order valence-corrected chi connectivity index (χ3v) is 2.68. The maximum Gasteiger partial charge on any atom is 0.229 e. The number of ether oxygens (including phenoxy) is 1. The zero-order chi connectivity index (χ0) is 8.67. The van der Waals surface area contributed by atoms with Gasteiger partial charge in [-0.05, 0) is 19.3 Å². The van der Waals surface area contributed by atoms with Crippen molar-refractivity contribution in [3.63, 3.8) is 0 Å². The van der Waals surface area contributed by atoms with Crippen LogP contribution in [0.25, 0.3) is 0 Å². The summed E-state index contributed by atoms with van der Waals surface area (Å²) in [6.07, 6.45) is 3.45. The molecule has 70 valence electrons. The molecule has 1 saturated heterocycles. The van der Waals surface area contributed by atoms with Crippen LogP contribution in [0.2, 0.25) is 0 Å². The molecule has 1 aliphatic heterocycles. The summed E-state index contributed by atoms with van der Waals surface area (Å²) in [4.78, 5) is 4.40. The van der Waals surface area contributed by atoms with Crippen molar-refractivity contribution in [2.24, 2.45) is 0 Å². The van der Waals surface area contributed by atoms with Gasteiger partial charge < -0.3 is 9.26 Å². The monoisotopic (exact) mass is 180 g/mol. The van der Waals surface area contributed by atoms with Gasteiger partial charge in [0.2, 0.25) is 5.89 Å². The fourth-order valence-corrected chi connectivity index (χ4v) is 1.65. The van der Waals surface area contributed by atoms with E-state index in [1.807, 2.05) is 0 Å². The molecule has 1 aliphatic carbocycles. The number of rotatable bonds is 2. The molecule has 4 heteroatoms. The van der Waals surface area contributed by atoms with Crippen molar-refractivity contribution < 1.29 is 9.26 Å². The molecule has 13 heavy (non-hydrogen) atoms. The van der Waals surface area contributed by atoms with Crippen LogP contribution >= 0.6 is 0 Å². The van der Waals surface area contributed by atoms with Crippen LogP contribution < -0.4 is 0 Å². The van der Waals surface area contributed by atoms with E-state index in [1.54, 1.807) is 0 Å². The molecular weight excluding hydrogens is 168 g/mol. The van der Waals surface area contributed by atoms with E-state index in [4.69, 9.17) is 9.26 Å². The Morgan fingerprint density at radius 2 is 2.08 bits per heavy atom. The maximum absolute atomic E-state index is 5.28. The van der Waals surface area contributed by atoms with Crippen molar-refractivity contribution in [3.05, 3.63) is 11.7 Å². The molecule has 1 aromatic rings. The third-order valence-electron chi connectivity index (χ3n) is 2.68. The quantitative estimate of drug-likeness (QED) is 0.691. The predicted molar refractivity (Wildman–Crippen MR) is 44.5 cm³/mol. The molecule has 2 heterocycles. The average molecular weight is 180 g/mol. The molecule has 1 aromatic heterocycles. The molecule has 0 spiro atoms. The highest BCUT2D eigenvalue weighted by Gasteiger charge is 2.31. The highest BCUT2D eigenvalue weighted by Crippen LogP contribution is 2.39. The molecule has 3 rings (SSSR count). The number of hydrogen-bond acceptors (Lipinski definition) is 4. The molecule has 0 radical (unpaired) electrons. The smallest absolute Gasteiger partial charge is 0.229 e. The van der Waals surface area contributed by atoms with Crippen molar-refractivity contribution in [3.8, 4) is 0 Å². The molecule has 0 aromatic carbocycles. The first-order valence-corrected chi connectivity index (χ1v) is 4.85. The van der Waals surface area contributed by atoms with Crippen LogP contribution in [-0.2, 0) is 4.74 Å². The van der Waals surface area contributed by atoms with Crippen molar-refractivity contribution in [2.45, 2.75) is 31.1 Å². The van der Waals surface area contributed by atoms with Crippen molar-refractivity contribution in [1.82, 2.24) is 10.1 Å². The molecule has 2 aliphatic rings. The summed E-state index contributed by atoms with van der Waals surface area (Å²) in [5.74, 6) is 2.61. The molecule has 4 nitrogen and oxygen atoms in total. The van der Waals surface area contributed by atoms with Gasteiger partial charge in [0.15, 0.2) is 5.82 Å². The Morgan fingerprint density at radius 1 is 1.15 bits per heavy atom. The molecule has 0 N–H and O–H groups in total. The first kappa shape index (κ1) is 7.50. The van der Waals surface area contributed by atoms with E-state index in [-0.39, 0.29) is 0 Å². The molecular formula is C9H12N2O2. The van der Waals surface area contributed by atoms with Crippen molar-refractivity contribution in [1.29, 1.82) is 0 Å². The Labute approximate surface area is 76.3 Å². The molecule has 1 saturated carbocycles. The standard InChI is InChI=1S/C9H12N2O2/c1-2-6(1)9-10-8(11-13-9)7-3-4-12-5-7/h6-7H,1-5H2. The van der Waals surface area contributed by atoms with Gasteiger partial charge in [0.05, 0.1) is 6.61 Å². The Balaban J connectivity index is 1.79. The number of hydrogen-bond donors (Lipinski definition) is 0. The van der Waals surface area contributed by atoms with Crippen LogP contribution in [0.3, 0.4) is 0 Å². The van der Waals surface area contributed by atoms with E-state index in [9.17, 15) is 0 Å². The Bertz CT molecular complexity index is 300. The van der Waals surface area contributed by atoms with Gasteiger partial charge >= 0.3 is 0 Å². The molecule has 1 atom stereocenters. The van der Waals surface area contributed by atoms with Crippen LogP contribution in [0, 0.1) is 0 Å². The van der Waals surface area contributed by atoms with Gasteiger partial charge in [0.1, 0.15) is 0 Å². The molecule has 0 amide bonds. The Hall–Kier alpha value is -0.900. The van der Waals surface area contributed by atoms with Gasteiger partial charge in [-0.25, -0.2) is 0 Å². The van der Waals surface area contributed by atoms with E-state index in [0.717, 1.165) is 31.3 Å². The van der Waals surface area contributed by atoms with Crippen LogP contribution in [0.4, 0.5) is 0 Å². The number of nitrogens with zero attached hydrogens (tertiary/aromatic N) is 2. The second-order valence-corrected chi connectivity index (χ2v) is 3.83. The lowest BCUT2D eigenvalue weighted by atomic mass is 10.1. The second kappa shape index (κ2) is 2.80. The normalized spacial score (nSPS) is 28.2. The fourth-order valence-electron chi connectivity index (χ4n) is 1.65. The van der Waals surface area contributed by atoms with E-state index in [2.05, 4.69) is 10.1 Å². The largest absolute Gasteiger partial charge is 0.381 e. The molecule has 1 unspecified atom stereocenters. The summed E-state index contributed by atoms with van der Waals surface area (Å²) in [5.41, 5.74) is 0. The summed E-state index contributed by atoms with van der Waals surface area (Å²) >= 11 is 0. The van der Waals surface area contributed by atoms with Crippen LogP contribution in [0.1, 0.15) is 42.8 Å². The zero-order valence-electron chi connectivity index (χ0n) is 7.40. The van der Waals surface area contributed by atoms with E-state index in [1.165, 1.54) is 12.8 Å². The minimum absolute atomic E-state index is 0.372. The summed E-state index contributed by atoms with van der Waals surface area (Å²) in [6.45, 7) is 1.58. The van der Waals surface area contributed by atoms with Gasteiger partial charge in [-0.15, -0.1) is 0 Å². The van der Waals surface area contributed by atoms with E-state index in [0.29, 0.717) is 11.8 Å². The zero-order valence-corrected chi connectivity index (χ0v) is 7.40. The summed E-state index contributed by atoms with van der Waals surface area (Å²) < 4.78 is 10.5. The van der Waals surface area contributed by atoms with E-state index >= 15 is 0 Å². The third kappa shape index (κ3) is 1.35. The number of aromatic nitrogens is 2. The highest BCUT2D eigenvalue weighted by atomic mass is 16.5. The van der Waals surface area contributed by atoms with Crippen LogP contribution in [0.15, 0.2) is 4.52 Å². The Morgan fingerprint density at radius 3 is 2.77 bits per heavy atom. The minimum atomic E-state index is 0.372. The van der Waals surface area contributed by atoms with Crippen LogP contribution in [-0.4, -0.2) is 23.4 Å². The summed E-state index contributed by atoms with van der Waals surface area (Å²) in [5, 5.41) is 3.99. The van der Waals surface area contributed by atoms with E-state index < -0.39 is 0 Å². The topological polar surface area (TPSA) is 48.2 Å². The lowest BCUT2D eigenvalue weighted by Gasteiger charge is -1.97. The van der Waals surface area contributed by atoms with Gasteiger partial charge in [-0.3, -0.25) is 0 Å². The maximum atomic E-state index is 5.28. The first-order chi connectivity index (χ1) is 6.43. The Kier molecular flexibility index (Phi) is 1.62. The summed E-state index contributed by atoms with van der Waals surface area (Å²) in [7, 11) is 0. The van der Waals surface area contributed by atoms with Crippen molar-refractivity contribution in [2.75, 3.05) is 13.2 Å². The van der Waals surface area contributed by atoms with Gasteiger partial charge in [0, 0.05) is 18.4 Å². The van der Waals surface area contributed by atoms with Gasteiger partial charge in [-0.2, -0.15) is 4.98 Å². The minimum Gasteiger partial charge on any atom is -0.381 e. The lowest BCUT2D eigenvalue weighted by molar-refractivity contribution is 0.192. The predicted octanol–water partition coefficient (Wildman–Crippen LogP) is 1.45. The first-order valence-electron chi connectivity index (χ1n) is 4.85. The second-order valence-electron chi connectivity index (χ2n) is 3.83. The van der Waals surface area contributed by atoms with Crippen LogP contribution in [0.5, 0.6) is 0 Å². The SMILES string of the molecule is C1CC(c2noc(C3CC3)n2)CO1. The van der Waals surface area contributed by atoms with Crippen molar-refractivity contribution >= 4 is 0 Å². The lowest BCUT2D eigenvalue weighted by Crippen LogP contribution is -1.99. The summed E-state index contributed by atoms with van der Waals surface area (Å²) in [6, 6.07) is 0. The fraction of sp³-hybridized carbons (Fsp3) is 0.778. The van der Waals surface area contributed by atoms with Gasteiger partial charge in [0.25, 0.3) is 0 Å². The highest BCUT2D eigenvalue weighted by molar-refractivity contribution is 5.05. The van der Waals surface area contributed by atoms with Gasteiger partial charge in [-0.1, -0.05) is 5.16 Å². The molecule has 0 bridgehead atoms.